The molecule has 0 spiro atoms. The van der Waals surface area contributed by atoms with Crippen LogP contribution in [0.15, 0.2) is 36.4 Å². The molecule has 2 aliphatic rings. The number of benzene rings is 2. The van der Waals surface area contributed by atoms with Gasteiger partial charge >= 0.3 is 0 Å². The van der Waals surface area contributed by atoms with Crippen LogP contribution in [0, 0.1) is 6.92 Å². The lowest BCUT2D eigenvalue weighted by Gasteiger charge is -2.13. The molecule has 8 nitrogen and oxygen atoms in total. The van der Waals surface area contributed by atoms with E-state index in [1.54, 1.807) is 30.3 Å². The van der Waals surface area contributed by atoms with Gasteiger partial charge in [0.2, 0.25) is 12.7 Å². The van der Waals surface area contributed by atoms with Crippen LogP contribution in [0.5, 0.6) is 17.2 Å². The quantitative estimate of drug-likeness (QED) is 0.530. The molecule has 30 heavy (non-hydrogen) atoms. The number of imide groups is 1. The van der Waals surface area contributed by atoms with Gasteiger partial charge in [0.25, 0.3) is 11.8 Å². The van der Waals surface area contributed by atoms with Crippen LogP contribution in [-0.4, -0.2) is 49.1 Å². The Morgan fingerprint density at radius 2 is 1.87 bits per heavy atom. The zero-order chi connectivity index (χ0) is 21.1. The molecule has 156 valence electrons. The minimum absolute atomic E-state index is 0.156. The van der Waals surface area contributed by atoms with Crippen LogP contribution in [0.1, 0.15) is 39.1 Å². The number of fused-ring (bicyclic) bond motifs is 2. The molecule has 8 heteroatoms. The summed E-state index contributed by atoms with van der Waals surface area (Å²) in [7, 11) is 0. The van der Waals surface area contributed by atoms with Crippen molar-refractivity contribution in [3.8, 4) is 17.2 Å². The largest absolute Gasteiger partial charge is 0.492 e. The SMILES string of the molecule is Cc1ccc2c(c1)C(=O)N(CCCC(=O)NCCOc1ccc3c(c1)OCO3)C2=O. The van der Waals surface area contributed by atoms with Crippen LogP contribution in [0.4, 0.5) is 0 Å². The fraction of sp³-hybridized carbons (Fsp3) is 0.318. The number of hydrogen-bond donors (Lipinski definition) is 1. The summed E-state index contributed by atoms with van der Waals surface area (Å²) in [5.74, 6) is 1.21. The number of amides is 3. The first-order chi connectivity index (χ1) is 14.5. The van der Waals surface area contributed by atoms with E-state index in [0.29, 0.717) is 47.9 Å². The number of hydrogen-bond acceptors (Lipinski definition) is 6. The van der Waals surface area contributed by atoms with Crippen molar-refractivity contribution in [1.82, 2.24) is 10.2 Å². The number of aryl methyl sites for hydroxylation is 1. The molecule has 0 saturated carbocycles. The fourth-order valence-electron chi connectivity index (χ4n) is 3.42. The van der Waals surface area contributed by atoms with Gasteiger partial charge in [0.05, 0.1) is 17.7 Å². The predicted octanol–water partition coefficient (Wildman–Crippen LogP) is 2.30. The number of nitrogens with zero attached hydrogens (tertiary/aromatic N) is 1. The summed E-state index contributed by atoms with van der Waals surface area (Å²) >= 11 is 0. The van der Waals surface area contributed by atoms with Crippen molar-refractivity contribution < 1.29 is 28.6 Å². The van der Waals surface area contributed by atoms with Crippen molar-refractivity contribution in [1.29, 1.82) is 0 Å². The molecular formula is C22H22N2O6. The minimum atomic E-state index is -0.299. The Bertz CT molecular complexity index is 1000. The third kappa shape index (κ3) is 4.07. The topological polar surface area (TPSA) is 94.2 Å². The molecule has 2 aromatic carbocycles. The Labute approximate surface area is 173 Å². The van der Waals surface area contributed by atoms with Crippen LogP contribution in [0.25, 0.3) is 0 Å². The van der Waals surface area contributed by atoms with Gasteiger partial charge in [-0.15, -0.1) is 0 Å². The van der Waals surface area contributed by atoms with E-state index in [2.05, 4.69) is 5.32 Å². The maximum Gasteiger partial charge on any atom is 0.261 e. The lowest BCUT2D eigenvalue weighted by atomic mass is 10.1. The summed E-state index contributed by atoms with van der Waals surface area (Å²) in [4.78, 5) is 38.0. The zero-order valence-corrected chi connectivity index (χ0v) is 16.6. The average molecular weight is 410 g/mol. The number of nitrogens with one attached hydrogen (secondary N) is 1. The monoisotopic (exact) mass is 410 g/mol. The lowest BCUT2D eigenvalue weighted by molar-refractivity contribution is -0.121. The second kappa shape index (κ2) is 8.44. The molecule has 3 amide bonds. The van der Waals surface area contributed by atoms with E-state index in [-0.39, 0.29) is 37.5 Å². The van der Waals surface area contributed by atoms with Gasteiger partial charge in [0.15, 0.2) is 11.5 Å². The van der Waals surface area contributed by atoms with Crippen molar-refractivity contribution in [2.75, 3.05) is 26.5 Å². The molecule has 2 heterocycles. The maximum atomic E-state index is 12.4. The lowest BCUT2D eigenvalue weighted by Crippen LogP contribution is -2.32. The molecule has 0 aromatic heterocycles. The molecule has 2 aliphatic heterocycles. The third-order valence-electron chi connectivity index (χ3n) is 4.95. The summed E-state index contributed by atoms with van der Waals surface area (Å²) in [5.41, 5.74) is 1.79. The van der Waals surface area contributed by atoms with Gasteiger partial charge in [-0.05, 0) is 37.6 Å². The Morgan fingerprint density at radius 3 is 2.73 bits per heavy atom. The maximum absolute atomic E-state index is 12.4. The summed E-state index contributed by atoms with van der Waals surface area (Å²) < 4.78 is 16.1. The van der Waals surface area contributed by atoms with E-state index in [1.807, 2.05) is 13.0 Å². The zero-order valence-electron chi connectivity index (χ0n) is 16.6. The van der Waals surface area contributed by atoms with Crippen LogP contribution in [-0.2, 0) is 4.79 Å². The smallest absolute Gasteiger partial charge is 0.261 e. The van der Waals surface area contributed by atoms with Gasteiger partial charge < -0.3 is 19.5 Å². The molecule has 0 bridgehead atoms. The first-order valence-electron chi connectivity index (χ1n) is 9.79. The highest BCUT2D eigenvalue weighted by molar-refractivity contribution is 6.21. The van der Waals surface area contributed by atoms with Gasteiger partial charge in [0, 0.05) is 19.0 Å². The Morgan fingerprint density at radius 1 is 1.07 bits per heavy atom. The predicted molar refractivity (Wildman–Crippen MR) is 107 cm³/mol. The van der Waals surface area contributed by atoms with Crippen LogP contribution in [0.2, 0.25) is 0 Å². The molecule has 0 aliphatic carbocycles. The summed E-state index contributed by atoms with van der Waals surface area (Å²) in [5, 5.41) is 2.77. The Kier molecular flexibility index (Phi) is 5.56. The molecule has 0 radical (unpaired) electrons. The van der Waals surface area contributed by atoms with Crippen molar-refractivity contribution in [3.05, 3.63) is 53.1 Å². The number of ether oxygens (including phenoxy) is 3. The molecule has 4 rings (SSSR count). The normalized spacial score (nSPS) is 14.1. The molecule has 1 N–H and O–H groups in total. The summed E-state index contributed by atoms with van der Waals surface area (Å²) in [6.07, 6.45) is 0.621. The molecule has 0 saturated heterocycles. The Hall–Kier alpha value is -3.55. The van der Waals surface area contributed by atoms with Gasteiger partial charge in [-0.3, -0.25) is 19.3 Å². The Balaban J connectivity index is 1.16. The van der Waals surface area contributed by atoms with E-state index in [4.69, 9.17) is 14.2 Å². The highest BCUT2D eigenvalue weighted by Crippen LogP contribution is 2.35. The fourth-order valence-corrected chi connectivity index (χ4v) is 3.42. The van der Waals surface area contributed by atoms with Gasteiger partial charge in [-0.2, -0.15) is 0 Å². The van der Waals surface area contributed by atoms with Crippen molar-refractivity contribution in [2.24, 2.45) is 0 Å². The van der Waals surface area contributed by atoms with Crippen LogP contribution < -0.4 is 19.5 Å². The number of carbonyl (C=O) groups is 3. The van der Waals surface area contributed by atoms with Crippen LogP contribution >= 0.6 is 0 Å². The van der Waals surface area contributed by atoms with Crippen LogP contribution in [0.3, 0.4) is 0 Å². The van der Waals surface area contributed by atoms with E-state index in [1.165, 1.54) is 4.90 Å². The van der Waals surface area contributed by atoms with E-state index >= 15 is 0 Å². The molecule has 2 aromatic rings. The highest BCUT2D eigenvalue weighted by atomic mass is 16.7. The van der Waals surface area contributed by atoms with Crippen molar-refractivity contribution >= 4 is 17.7 Å². The summed E-state index contributed by atoms with van der Waals surface area (Å²) in [6.45, 7) is 2.95. The molecule has 0 fully saturated rings. The molecule has 0 atom stereocenters. The number of rotatable bonds is 8. The minimum Gasteiger partial charge on any atom is -0.492 e. The van der Waals surface area contributed by atoms with E-state index in [9.17, 15) is 14.4 Å². The van der Waals surface area contributed by atoms with E-state index < -0.39 is 0 Å². The van der Waals surface area contributed by atoms with E-state index in [0.717, 1.165) is 5.56 Å². The van der Waals surface area contributed by atoms with Gasteiger partial charge in [0.1, 0.15) is 12.4 Å². The van der Waals surface area contributed by atoms with Gasteiger partial charge in [-0.25, -0.2) is 0 Å². The number of carbonyl (C=O) groups excluding carboxylic acids is 3. The second-order valence-electron chi connectivity index (χ2n) is 7.13. The van der Waals surface area contributed by atoms with Crippen molar-refractivity contribution in [3.63, 3.8) is 0 Å². The first kappa shape index (κ1) is 19.8. The molecular weight excluding hydrogens is 388 g/mol. The third-order valence-corrected chi connectivity index (χ3v) is 4.95. The second-order valence-corrected chi connectivity index (χ2v) is 7.13. The standard InChI is InChI=1S/C22H22N2O6/c1-14-4-6-16-17(11-14)22(27)24(21(16)26)9-2-3-20(25)23-8-10-28-15-5-7-18-19(12-15)30-13-29-18/h4-7,11-12H,2-3,8-10,13H2,1H3,(H,23,25). The highest BCUT2D eigenvalue weighted by Gasteiger charge is 2.34. The van der Waals surface area contributed by atoms with Gasteiger partial charge in [-0.1, -0.05) is 11.6 Å². The molecule has 0 unspecified atom stereocenters. The summed E-state index contributed by atoms with van der Waals surface area (Å²) in [6, 6.07) is 10.5. The average Bonchev–Trinajstić information content (AvgIpc) is 3.29. The first-order valence-corrected chi connectivity index (χ1v) is 9.79. The van der Waals surface area contributed by atoms with Crippen molar-refractivity contribution in [2.45, 2.75) is 19.8 Å².